The van der Waals surface area contributed by atoms with Crippen LogP contribution in [0.4, 0.5) is 0 Å². The Labute approximate surface area is 113 Å². The topological polar surface area (TPSA) is 44.7 Å². The first-order chi connectivity index (χ1) is 8.77. The summed E-state index contributed by atoms with van der Waals surface area (Å²) in [5.41, 5.74) is 0.837. The third kappa shape index (κ3) is 3.85. The van der Waals surface area contributed by atoms with Gasteiger partial charge in [0, 0.05) is 38.3 Å². The van der Waals surface area contributed by atoms with Crippen LogP contribution in [0.5, 0.6) is 5.75 Å². The number of benzene rings is 1. The Hall–Kier alpha value is -0.810. The predicted molar refractivity (Wildman–Crippen MR) is 72.1 cm³/mol. The van der Waals surface area contributed by atoms with E-state index in [1.54, 1.807) is 6.07 Å². The maximum Gasteiger partial charge on any atom is 0.138 e. The smallest absolute Gasteiger partial charge is 0.138 e. The van der Waals surface area contributed by atoms with Crippen LogP contribution >= 0.6 is 11.6 Å². The van der Waals surface area contributed by atoms with Crippen molar-refractivity contribution in [3.8, 4) is 5.75 Å². The summed E-state index contributed by atoms with van der Waals surface area (Å²) in [5.74, 6) is 0.179. The van der Waals surface area contributed by atoms with Crippen molar-refractivity contribution >= 4 is 11.6 Å². The number of halogens is 1. The minimum absolute atomic E-state index is 0.179. The van der Waals surface area contributed by atoms with Gasteiger partial charge in [0.15, 0.2) is 0 Å². The molecular formula is C13H19ClN2O2. The van der Waals surface area contributed by atoms with E-state index in [9.17, 15) is 5.11 Å². The zero-order valence-electron chi connectivity index (χ0n) is 10.4. The van der Waals surface area contributed by atoms with Gasteiger partial charge in [0.25, 0.3) is 0 Å². The fraction of sp³-hybridized carbons (Fsp3) is 0.538. The van der Waals surface area contributed by atoms with E-state index in [2.05, 4.69) is 10.2 Å². The van der Waals surface area contributed by atoms with Gasteiger partial charge in [0.05, 0.1) is 18.2 Å². The summed E-state index contributed by atoms with van der Waals surface area (Å²) in [4.78, 5) is 2.37. The fourth-order valence-electron chi connectivity index (χ4n) is 1.99. The SMILES string of the molecule is Oc1c(Cl)cccc1CNCCN1CCOCC1. The van der Waals surface area contributed by atoms with E-state index in [1.165, 1.54) is 0 Å². The summed E-state index contributed by atoms with van der Waals surface area (Å²) in [6.45, 7) is 6.20. The molecule has 1 aliphatic heterocycles. The molecule has 100 valence electrons. The predicted octanol–water partition coefficient (Wildman–Crippen LogP) is 1.47. The van der Waals surface area contributed by atoms with Gasteiger partial charge in [-0.3, -0.25) is 4.90 Å². The van der Waals surface area contributed by atoms with Crippen molar-refractivity contribution in [2.45, 2.75) is 6.54 Å². The van der Waals surface area contributed by atoms with E-state index in [1.807, 2.05) is 12.1 Å². The van der Waals surface area contributed by atoms with E-state index >= 15 is 0 Å². The van der Waals surface area contributed by atoms with Crippen molar-refractivity contribution in [2.24, 2.45) is 0 Å². The van der Waals surface area contributed by atoms with Crippen LogP contribution in [0.15, 0.2) is 18.2 Å². The highest BCUT2D eigenvalue weighted by Gasteiger charge is 2.09. The molecule has 0 saturated carbocycles. The van der Waals surface area contributed by atoms with Gasteiger partial charge in [0.1, 0.15) is 5.75 Å². The lowest BCUT2D eigenvalue weighted by molar-refractivity contribution is 0.0384. The Morgan fingerprint density at radius 3 is 2.89 bits per heavy atom. The van der Waals surface area contributed by atoms with E-state index < -0.39 is 0 Å². The van der Waals surface area contributed by atoms with E-state index in [0.29, 0.717) is 11.6 Å². The maximum absolute atomic E-state index is 9.75. The van der Waals surface area contributed by atoms with Crippen molar-refractivity contribution in [2.75, 3.05) is 39.4 Å². The van der Waals surface area contributed by atoms with Gasteiger partial charge in [-0.1, -0.05) is 23.7 Å². The number of ether oxygens (including phenoxy) is 1. The second kappa shape index (κ2) is 6.95. The summed E-state index contributed by atoms with van der Waals surface area (Å²) in [6, 6.07) is 5.41. The molecule has 0 amide bonds. The average Bonchev–Trinajstić information content (AvgIpc) is 2.40. The Bertz CT molecular complexity index is 381. The van der Waals surface area contributed by atoms with Crippen molar-refractivity contribution in [3.63, 3.8) is 0 Å². The van der Waals surface area contributed by atoms with Crippen LogP contribution < -0.4 is 5.32 Å². The lowest BCUT2D eigenvalue weighted by Gasteiger charge is -2.26. The van der Waals surface area contributed by atoms with Gasteiger partial charge in [-0.15, -0.1) is 0 Å². The average molecular weight is 271 g/mol. The molecule has 0 radical (unpaired) electrons. The molecule has 0 atom stereocenters. The molecule has 1 aromatic carbocycles. The third-order valence-electron chi connectivity index (χ3n) is 3.09. The maximum atomic E-state index is 9.75. The second-order valence-electron chi connectivity index (χ2n) is 4.38. The second-order valence-corrected chi connectivity index (χ2v) is 4.79. The van der Waals surface area contributed by atoms with E-state index in [4.69, 9.17) is 16.3 Å². The number of nitrogens with zero attached hydrogens (tertiary/aromatic N) is 1. The van der Waals surface area contributed by atoms with Gasteiger partial charge >= 0.3 is 0 Å². The molecule has 0 spiro atoms. The van der Waals surface area contributed by atoms with E-state index in [-0.39, 0.29) is 5.75 Å². The zero-order chi connectivity index (χ0) is 12.8. The number of morpholine rings is 1. The minimum atomic E-state index is 0.179. The van der Waals surface area contributed by atoms with Crippen LogP contribution in [0.3, 0.4) is 0 Å². The Balaban J connectivity index is 1.70. The monoisotopic (exact) mass is 270 g/mol. The molecule has 1 fully saturated rings. The summed E-state index contributed by atoms with van der Waals surface area (Å²) >= 11 is 5.85. The van der Waals surface area contributed by atoms with Gasteiger partial charge in [-0.25, -0.2) is 0 Å². The van der Waals surface area contributed by atoms with Crippen LogP contribution in [0.2, 0.25) is 5.02 Å². The van der Waals surface area contributed by atoms with Crippen molar-refractivity contribution in [3.05, 3.63) is 28.8 Å². The van der Waals surface area contributed by atoms with Crippen molar-refractivity contribution < 1.29 is 9.84 Å². The van der Waals surface area contributed by atoms with E-state index in [0.717, 1.165) is 45.0 Å². The minimum Gasteiger partial charge on any atom is -0.506 e. The number of rotatable bonds is 5. The van der Waals surface area contributed by atoms with Gasteiger partial charge in [-0.05, 0) is 6.07 Å². The molecule has 1 saturated heterocycles. The molecule has 2 rings (SSSR count). The number of aromatic hydroxyl groups is 1. The highest BCUT2D eigenvalue weighted by Crippen LogP contribution is 2.26. The molecule has 1 heterocycles. The number of hydrogen-bond donors (Lipinski definition) is 2. The molecule has 0 bridgehead atoms. The molecule has 4 nitrogen and oxygen atoms in total. The number of phenols is 1. The first kappa shape index (κ1) is 13.6. The number of phenolic OH excluding ortho intramolecular Hbond substituents is 1. The first-order valence-electron chi connectivity index (χ1n) is 6.24. The highest BCUT2D eigenvalue weighted by atomic mass is 35.5. The molecule has 2 N–H and O–H groups in total. The lowest BCUT2D eigenvalue weighted by atomic mass is 10.2. The number of para-hydroxylation sites is 1. The Morgan fingerprint density at radius 2 is 2.11 bits per heavy atom. The van der Waals surface area contributed by atoms with Crippen LogP contribution in [0, 0.1) is 0 Å². The Morgan fingerprint density at radius 1 is 1.33 bits per heavy atom. The summed E-state index contributed by atoms with van der Waals surface area (Å²) in [7, 11) is 0. The largest absolute Gasteiger partial charge is 0.506 e. The molecule has 5 heteroatoms. The molecule has 1 aliphatic rings. The molecule has 1 aromatic rings. The fourth-order valence-corrected chi connectivity index (χ4v) is 2.18. The number of nitrogens with one attached hydrogen (secondary N) is 1. The standard InChI is InChI=1S/C13H19ClN2O2/c14-12-3-1-2-11(13(12)17)10-15-4-5-16-6-8-18-9-7-16/h1-3,15,17H,4-10H2. The van der Waals surface area contributed by atoms with Crippen LogP contribution in [0.25, 0.3) is 0 Å². The molecular weight excluding hydrogens is 252 g/mol. The number of hydrogen-bond acceptors (Lipinski definition) is 4. The van der Waals surface area contributed by atoms with Crippen LogP contribution in [0.1, 0.15) is 5.56 Å². The normalized spacial score (nSPS) is 16.9. The van der Waals surface area contributed by atoms with Crippen molar-refractivity contribution in [1.82, 2.24) is 10.2 Å². The Kier molecular flexibility index (Phi) is 5.26. The van der Waals surface area contributed by atoms with Gasteiger partial charge in [0.2, 0.25) is 0 Å². The van der Waals surface area contributed by atoms with Crippen LogP contribution in [-0.4, -0.2) is 49.4 Å². The van der Waals surface area contributed by atoms with Gasteiger partial charge < -0.3 is 15.2 Å². The third-order valence-corrected chi connectivity index (χ3v) is 3.40. The molecule has 18 heavy (non-hydrogen) atoms. The van der Waals surface area contributed by atoms with Crippen molar-refractivity contribution in [1.29, 1.82) is 0 Å². The molecule has 0 aliphatic carbocycles. The molecule has 0 aromatic heterocycles. The summed E-state index contributed by atoms with van der Waals surface area (Å²) in [5, 5.41) is 13.5. The van der Waals surface area contributed by atoms with Crippen LogP contribution in [-0.2, 0) is 11.3 Å². The summed E-state index contributed by atoms with van der Waals surface area (Å²) in [6.07, 6.45) is 0. The highest BCUT2D eigenvalue weighted by molar-refractivity contribution is 6.32. The first-order valence-corrected chi connectivity index (χ1v) is 6.62. The summed E-state index contributed by atoms with van der Waals surface area (Å²) < 4.78 is 5.29. The zero-order valence-corrected chi connectivity index (χ0v) is 11.1. The lowest BCUT2D eigenvalue weighted by Crippen LogP contribution is -2.40. The quantitative estimate of drug-likeness (QED) is 0.796. The molecule has 0 unspecified atom stereocenters. The van der Waals surface area contributed by atoms with Gasteiger partial charge in [-0.2, -0.15) is 0 Å².